The van der Waals surface area contributed by atoms with E-state index in [1.807, 2.05) is 61.0 Å². The van der Waals surface area contributed by atoms with Gasteiger partial charge in [-0.2, -0.15) is 0 Å². The van der Waals surface area contributed by atoms with Crippen LogP contribution in [0, 0.1) is 13.8 Å². The Morgan fingerprint density at radius 2 is 1.93 bits per heavy atom. The molecule has 0 aliphatic carbocycles. The smallest absolute Gasteiger partial charge is 0.266 e. The summed E-state index contributed by atoms with van der Waals surface area (Å²) in [6.07, 6.45) is 2.09. The van der Waals surface area contributed by atoms with Crippen LogP contribution in [0.25, 0.3) is 16.6 Å². The van der Waals surface area contributed by atoms with Gasteiger partial charge < -0.3 is 0 Å². The van der Waals surface area contributed by atoms with Crippen molar-refractivity contribution in [2.75, 3.05) is 0 Å². The lowest BCUT2D eigenvalue weighted by Crippen LogP contribution is -2.22. The molecule has 0 spiro atoms. The van der Waals surface area contributed by atoms with Crippen LogP contribution in [0.1, 0.15) is 36.7 Å². The average Bonchev–Trinajstić information content (AvgIpc) is 3.20. The first kappa shape index (κ1) is 20.3. The molecule has 0 fully saturated rings. The van der Waals surface area contributed by atoms with Crippen molar-refractivity contribution in [1.29, 1.82) is 0 Å². The summed E-state index contributed by atoms with van der Waals surface area (Å²) >= 11 is 1.48. The number of para-hydroxylation sites is 1. The van der Waals surface area contributed by atoms with E-state index >= 15 is 0 Å². The highest BCUT2D eigenvalue weighted by Gasteiger charge is 2.16. The average molecular weight is 421 g/mol. The Kier molecular flexibility index (Phi) is 5.94. The Morgan fingerprint density at radius 3 is 2.77 bits per heavy atom. The lowest BCUT2D eigenvalue weighted by atomic mass is 10.1. The van der Waals surface area contributed by atoms with Gasteiger partial charge in [-0.1, -0.05) is 49.4 Å². The van der Waals surface area contributed by atoms with E-state index in [0.29, 0.717) is 21.8 Å². The zero-order valence-corrected chi connectivity index (χ0v) is 18.2. The molecule has 0 atom stereocenters. The molecule has 0 saturated heterocycles. The second kappa shape index (κ2) is 8.79. The fourth-order valence-corrected chi connectivity index (χ4v) is 4.26. The van der Waals surface area contributed by atoms with Crippen LogP contribution in [-0.2, 0) is 12.3 Å². The quantitative estimate of drug-likeness (QED) is 0.331. The number of aryl methyl sites for hydroxylation is 3. The summed E-state index contributed by atoms with van der Waals surface area (Å²) in [6, 6.07) is 13.6. The molecule has 0 aliphatic heterocycles. The van der Waals surface area contributed by atoms with Gasteiger partial charge in [0, 0.05) is 6.54 Å². The molecule has 7 nitrogen and oxygen atoms in total. The fraction of sp³-hybridized carbons (Fsp3) is 0.318. The van der Waals surface area contributed by atoms with Crippen molar-refractivity contribution in [3.8, 4) is 5.69 Å². The monoisotopic (exact) mass is 420 g/mol. The van der Waals surface area contributed by atoms with E-state index in [-0.39, 0.29) is 5.56 Å². The van der Waals surface area contributed by atoms with Gasteiger partial charge in [-0.15, -0.1) is 5.10 Å². The van der Waals surface area contributed by atoms with Crippen LogP contribution in [0.5, 0.6) is 0 Å². The van der Waals surface area contributed by atoms with E-state index in [1.54, 1.807) is 4.57 Å². The van der Waals surface area contributed by atoms with E-state index in [1.165, 1.54) is 11.8 Å². The number of thioether (sulfide) groups is 1. The predicted octanol–water partition coefficient (Wildman–Crippen LogP) is 4.08. The molecular weight excluding hydrogens is 396 g/mol. The number of unbranched alkanes of at least 4 members (excludes halogenated alkanes) is 1. The van der Waals surface area contributed by atoms with Gasteiger partial charge in [-0.05, 0) is 60.0 Å². The first-order chi connectivity index (χ1) is 14.6. The van der Waals surface area contributed by atoms with Crippen LogP contribution in [0.2, 0.25) is 0 Å². The lowest BCUT2D eigenvalue weighted by molar-refractivity contribution is 0.540. The van der Waals surface area contributed by atoms with Gasteiger partial charge in [0.15, 0.2) is 11.0 Å². The normalized spacial score (nSPS) is 11.3. The number of rotatable bonds is 7. The van der Waals surface area contributed by atoms with Crippen molar-refractivity contribution < 1.29 is 0 Å². The van der Waals surface area contributed by atoms with Crippen LogP contribution in [0.15, 0.2) is 52.4 Å². The van der Waals surface area contributed by atoms with Gasteiger partial charge >= 0.3 is 0 Å². The highest BCUT2D eigenvalue weighted by molar-refractivity contribution is 7.98. The molecule has 2 heterocycles. The van der Waals surface area contributed by atoms with Crippen LogP contribution < -0.4 is 5.56 Å². The second-order valence-corrected chi connectivity index (χ2v) is 8.25. The Hall–Kier alpha value is -3.00. The topological polar surface area (TPSA) is 78.5 Å². The molecule has 0 radical (unpaired) electrons. The van der Waals surface area contributed by atoms with Gasteiger partial charge in [0.1, 0.15) is 0 Å². The molecule has 0 N–H and O–H groups in total. The SMILES string of the molecule is CCCCn1nnnc1CSc1nc2ccccc2c(=O)n1-c1cc(C)ccc1C. The van der Waals surface area contributed by atoms with Crippen LogP contribution in [-0.4, -0.2) is 29.8 Å². The molecular formula is C22H24N6OS. The van der Waals surface area contributed by atoms with Crippen LogP contribution in [0.4, 0.5) is 0 Å². The Bertz CT molecular complexity index is 1250. The molecule has 0 saturated carbocycles. The Morgan fingerprint density at radius 1 is 1.10 bits per heavy atom. The van der Waals surface area contributed by atoms with E-state index in [0.717, 1.165) is 42.0 Å². The van der Waals surface area contributed by atoms with Gasteiger partial charge in [-0.3, -0.25) is 9.36 Å². The number of tetrazole rings is 1. The number of aromatic nitrogens is 6. The summed E-state index contributed by atoms with van der Waals surface area (Å²) in [6.45, 7) is 6.96. The molecule has 0 bridgehead atoms. The standard InChI is InChI=1S/C22H24N6OS/c1-4-5-12-27-20(24-25-26-27)14-30-22-23-18-9-7-6-8-17(18)21(29)28(22)19-13-15(2)10-11-16(19)3/h6-11,13H,4-5,12,14H2,1-3H3. The maximum atomic E-state index is 13.4. The third-order valence-electron chi connectivity index (χ3n) is 5.01. The van der Waals surface area contributed by atoms with Gasteiger partial charge in [0.2, 0.25) is 0 Å². The highest BCUT2D eigenvalue weighted by atomic mass is 32.2. The number of nitrogens with zero attached hydrogens (tertiary/aromatic N) is 6. The summed E-state index contributed by atoms with van der Waals surface area (Å²) in [7, 11) is 0. The molecule has 2 aromatic heterocycles. The third-order valence-corrected chi connectivity index (χ3v) is 5.94. The van der Waals surface area contributed by atoms with Crippen molar-refractivity contribution in [2.24, 2.45) is 0 Å². The van der Waals surface area contributed by atoms with Crippen LogP contribution in [0.3, 0.4) is 0 Å². The molecule has 8 heteroatoms. The summed E-state index contributed by atoms with van der Waals surface area (Å²) in [5.74, 6) is 1.31. The molecule has 154 valence electrons. The maximum absolute atomic E-state index is 13.4. The van der Waals surface area contributed by atoms with Crippen LogP contribution >= 0.6 is 11.8 Å². The molecule has 4 aromatic rings. The minimum absolute atomic E-state index is 0.0672. The largest absolute Gasteiger partial charge is 0.268 e. The molecule has 30 heavy (non-hydrogen) atoms. The minimum atomic E-state index is -0.0672. The second-order valence-electron chi connectivity index (χ2n) is 7.30. The molecule has 4 rings (SSSR count). The van der Waals surface area contributed by atoms with E-state index < -0.39 is 0 Å². The molecule has 0 unspecified atom stereocenters. The number of fused-ring (bicyclic) bond motifs is 1. The Balaban J connectivity index is 1.80. The number of hydrogen-bond donors (Lipinski definition) is 0. The molecule has 0 amide bonds. The van der Waals surface area contributed by atoms with E-state index in [2.05, 4.69) is 22.4 Å². The zero-order chi connectivity index (χ0) is 21.1. The first-order valence-electron chi connectivity index (χ1n) is 10.1. The van der Waals surface area contributed by atoms with Gasteiger partial charge in [0.05, 0.1) is 22.3 Å². The van der Waals surface area contributed by atoms with Crippen molar-refractivity contribution in [3.05, 3.63) is 69.8 Å². The summed E-state index contributed by atoms with van der Waals surface area (Å²) in [4.78, 5) is 18.3. The van der Waals surface area contributed by atoms with Crippen molar-refractivity contribution in [3.63, 3.8) is 0 Å². The summed E-state index contributed by atoms with van der Waals surface area (Å²) in [5.41, 5.74) is 3.59. The summed E-state index contributed by atoms with van der Waals surface area (Å²) < 4.78 is 3.55. The van der Waals surface area contributed by atoms with Gasteiger partial charge in [-0.25, -0.2) is 9.67 Å². The minimum Gasteiger partial charge on any atom is -0.268 e. The predicted molar refractivity (Wildman–Crippen MR) is 119 cm³/mol. The Labute approximate surface area is 179 Å². The maximum Gasteiger partial charge on any atom is 0.266 e. The number of benzene rings is 2. The highest BCUT2D eigenvalue weighted by Crippen LogP contribution is 2.26. The molecule has 0 aliphatic rings. The van der Waals surface area contributed by atoms with Crippen molar-refractivity contribution in [1.82, 2.24) is 29.8 Å². The van der Waals surface area contributed by atoms with Crippen molar-refractivity contribution in [2.45, 2.75) is 51.1 Å². The molecule has 2 aromatic carbocycles. The van der Waals surface area contributed by atoms with E-state index in [9.17, 15) is 4.79 Å². The van der Waals surface area contributed by atoms with E-state index in [4.69, 9.17) is 4.98 Å². The zero-order valence-electron chi connectivity index (χ0n) is 17.4. The fourth-order valence-electron chi connectivity index (χ4n) is 3.32. The first-order valence-corrected chi connectivity index (χ1v) is 11.0. The third kappa shape index (κ3) is 4.00. The van der Waals surface area contributed by atoms with Crippen molar-refractivity contribution >= 4 is 22.7 Å². The summed E-state index contributed by atoms with van der Waals surface area (Å²) in [5, 5.41) is 13.3. The number of hydrogen-bond acceptors (Lipinski definition) is 6. The van der Waals surface area contributed by atoms with Gasteiger partial charge in [0.25, 0.3) is 5.56 Å². The lowest BCUT2D eigenvalue weighted by Gasteiger charge is -2.15.